The van der Waals surface area contributed by atoms with Gasteiger partial charge in [0, 0.05) is 25.6 Å². The molecule has 0 unspecified atom stereocenters. The molecule has 1 aromatic rings. The Morgan fingerprint density at radius 1 is 1.17 bits per heavy atom. The first-order valence-corrected chi connectivity index (χ1v) is 4.19. The normalized spacial score (nSPS) is 11.8. The molecule has 0 aromatic carbocycles. The van der Waals surface area contributed by atoms with Crippen molar-refractivity contribution < 1.29 is 4.42 Å². The highest BCUT2D eigenvalue weighted by Crippen LogP contribution is 2.27. The average molecular weight is 167 g/mol. The molecule has 0 spiro atoms. The van der Waals surface area contributed by atoms with Gasteiger partial charge in [-0.25, -0.2) is 0 Å². The van der Waals surface area contributed by atoms with Gasteiger partial charge in [-0.3, -0.25) is 0 Å². The van der Waals surface area contributed by atoms with Crippen molar-refractivity contribution in [2.45, 2.75) is 26.2 Å². The van der Waals surface area contributed by atoms with Gasteiger partial charge in [-0.1, -0.05) is 20.8 Å². The van der Waals surface area contributed by atoms with Crippen LogP contribution in [0.5, 0.6) is 0 Å². The van der Waals surface area contributed by atoms with Crippen LogP contribution in [0.15, 0.2) is 16.5 Å². The predicted octanol–water partition coefficient (Wildman–Crippen LogP) is 2.64. The zero-order valence-corrected chi connectivity index (χ0v) is 8.51. The van der Waals surface area contributed by atoms with E-state index in [1.807, 2.05) is 31.1 Å². The minimum absolute atomic E-state index is 0.105. The van der Waals surface area contributed by atoms with Gasteiger partial charge in [0.05, 0.1) is 0 Å². The zero-order valence-electron chi connectivity index (χ0n) is 8.51. The van der Waals surface area contributed by atoms with Crippen molar-refractivity contribution in [3.05, 3.63) is 17.9 Å². The van der Waals surface area contributed by atoms with Gasteiger partial charge in [0.2, 0.25) is 0 Å². The molecule has 0 aliphatic rings. The van der Waals surface area contributed by atoms with Crippen LogP contribution in [0.25, 0.3) is 0 Å². The first-order valence-electron chi connectivity index (χ1n) is 4.19. The third-order valence-corrected chi connectivity index (χ3v) is 1.77. The van der Waals surface area contributed by atoms with Crippen molar-refractivity contribution in [1.82, 2.24) is 0 Å². The van der Waals surface area contributed by atoms with E-state index in [4.69, 9.17) is 4.42 Å². The Bertz CT molecular complexity index is 255. The van der Waals surface area contributed by atoms with Crippen LogP contribution in [0.3, 0.4) is 0 Å². The van der Waals surface area contributed by atoms with Crippen LogP contribution in [0.4, 0.5) is 5.88 Å². The van der Waals surface area contributed by atoms with Crippen molar-refractivity contribution in [1.29, 1.82) is 0 Å². The van der Waals surface area contributed by atoms with Crippen molar-refractivity contribution in [3.8, 4) is 0 Å². The second-order valence-corrected chi connectivity index (χ2v) is 4.28. The number of anilines is 1. The second-order valence-electron chi connectivity index (χ2n) is 4.28. The number of hydrogen-bond donors (Lipinski definition) is 0. The summed E-state index contributed by atoms with van der Waals surface area (Å²) in [5, 5.41) is 0. The number of nitrogens with zero attached hydrogens (tertiary/aromatic N) is 1. The fourth-order valence-electron chi connectivity index (χ4n) is 0.971. The Kier molecular flexibility index (Phi) is 2.18. The van der Waals surface area contributed by atoms with Gasteiger partial charge < -0.3 is 9.32 Å². The Labute approximate surface area is 74.2 Å². The van der Waals surface area contributed by atoms with Crippen LogP contribution in [0.2, 0.25) is 0 Å². The maximum Gasteiger partial charge on any atom is 0.195 e. The van der Waals surface area contributed by atoms with E-state index in [0.717, 1.165) is 11.6 Å². The maximum absolute atomic E-state index is 5.64. The first-order chi connectivity index (χ1) is 5.41. The van der Waals surface area contributed by atoms with Crippen molar-refractivity contribution >= 4 is 5.88 Å². The Morgan fingerprint density at radius 2 is 1.75 bits per heavy atom. The van der Waals surface area contributed by atoms with E-state index in [0.29, 0.717) is 0 Å². The fraction of sp³-hybridized carbons (Fsp3) is 0.600. The summed E-state index contributed by atoms with van der Waals surface area (Å²) in [4.78, 5) is 1.97. The summed E-state index contributed by atoms with van der Waals surface area (Å²) in [5.74, 6) is 1.95. The lowest BCUT2D eigenvalue weighted by molar-refractivity contribution is 0.412. The minimum Gasteiger partial charge on any atom is -0.445 e. The average Bonchev–Trinajstić information content (AvgIpc) is 2.30. The van der Waals surface area contributed by atoms with Crippen LogP contribution < -0.4 is 4.90 Å². The summed E-state index contributed by atoms with van der Waals surface area (Å²) in [7, 11) is 3.95. The number of rotatable bonds is 1. The highest BCUT2D eigenvalue weighted by molar-refractivity contribution is 5.35. The molecule has 2 nitrogen and oxygen atoms in total. The monoisotopic (exact) mass is 167 g/mol. The van der Waals surface area contributed by atoms with Gasteiger partial charge in [-0.05, 0) is 6.07 Å². The Morgan fingerprint density at radius 3 is 2.00 bits per heavy atom. The van der Waals surface area contributed by atoms with Crippen molar-refractivity contribution in [2.24, 2.45) is 0 Å². The summed E-state index contributed by atoms with van der Waals surface area (Å²) >= 11 is 0. The molecular formula is C10H17NO. The van der Waals surface area contributed by atoms with E-state index in [-0.39, 0.29) is 5.41 Å². The lowest BCUT2D eigenvalue weighted by atomic mass is 9.94. The lowest BCUT2D eigenvalue weighted by Crippen LogP contribution is -2.10. The van der Waals surface area contributed by atoms with Gasteiger partial charge in [-0.2, -0.15) is 0 Å². The SMILES string of the molecule is CN(C)c1ccc(C(C)(C)C)o1. The van der Waals surface area contributed by atoms with E-state index < -0.39 is 0 Å². The molecule has 0 radical (unpaired) electrons. The molecule has 1 heterocycles. The van der Waals surface area contributed by atoms with Crippen LogP contribution in [-0.2, 0) is 5.41 Å². The summed E-state index contributed by atoms with van der Waals surface area (Å²) in [6.07, 6.45) is 0. The van der Waals surface area contributed by atoms with Crippen LogP contribution in [0.1, 0.15) is 26.5 Å². The zero-order chi connectivity index (χ0) is 9.35. The third-order valence-electron chi connectivity index (χ3n) is 1.77. The largest absolute Gasteiger partial charge is 0.445 e. The topological polar surface area (TPSA) is 16.4 Å². The van der Waals surface area contributed by atoms with Gasteiger partial charge >= 0.3 is 0 Å². The lowest BCUT2D eigenvalue weighted by Gasteiger charge is -2.15. The molecule has 12 heavy (non-hydrogen) atoms. The number of furan rings is 1. The fourth-order valence-corrected chi connectivity index (χ4v) is 0.971. The van der Waals surface area contributed by atoms with Gasteiger partial charge in [0.1, 0.15) is 5.76 Å². The maximum atomic E-state index is 5.64. The Balaban J connectivity index is 2.92. The smallest absolute Gasteiger partial charge is 0.195 e. The van der Waals surface area contributed by atoms with E-state index in [1.165, 1.54) is 0 Å². The molecule has 0 bridgehead atoms. The van der Waals surface area contributed by atoms with Gasteiger partial charge in [0.25, 0.3) is 0 Å². The minimum atomic E-state index is 0.105. The van der Waals surface area contributed by atoms with E-state index in [2.05, 4.69) is 20.8 Å². The van der Waals surface area contributed by atoms with E-state index in [9.17, 15) is 0 Å². The van der Waals surface area contributed by atoms with Crippen molar-refractivity contribution in [2.75, 3.05) is 19.0 Å². The van der Waals surface area contributed by atoms with Crippen LogP contribution in [-0.4, -0.2) is 14.1 Å². The molecule has 1 rings (SSSR count). The standard InChI is InChI=1S/C10H17NO/c1-10(2,3)8-6-7-9(12-8)11(4)5/h6-7H,1-5H3. The van der Waals surface area contributed by atoms with Crippen LogP contribution >= 0.6 is 0 Å². The van der Waals surface area contributed by atoms with Crippen molar-refractivity contribution in [3.63, 3.8) is 0 Å². The predicted molar refractivity (Wildman–Crippen MR) is 51.7 cm³/mol. The summed E-state index contributed by atoms with van der Waals surface area (Å²) in [6.45, 7) is 6.43. The van der Waals surface area contributed by atoms with Gasteiger partial charge in [-0.15, -0.1) is 0 Å². The quantitative estimate of drug-likeness (QED) is 0.639. The molecule has 0 aliphatic carbocycles. The molecule has 0 N–H and O–H groups in total. The summed E-state index contributed by atoms with van der Waals surface area (Å²) in [5.41, 5.74) is 0.105. The van der Waals surface area contributed by atoms with Gasteiger partial charge in [0.15, 0.2) is 5.88 Å². The molecule has 2 heteroatoms. The molecule has 0 saturated carbocycles. The highest BCUT2D eigenvalue weighted by atomic mass is 16.4. The molecule has 0 atom stereocenters. The molecular weight excluding hydrogens is 150 g/mol. The second kappa shape index (κ2) is 2.85. The Hall–Kier alpha value is -0.920. The number of hydrogen-bond acceptors (Lipinski definition) is 2. The molecule has 0 aliphatic heterocycles. The van der Waals surface area contributed by atoms with E-state index in [1.54, 1.807) is 0 Å². The summed E-state index contributed by atoms with van der Waals surface area (Å²) < 4.78 is 5.64. The molecule has 1 aromatic heterocycles. The molecule has 68 valence electrons. The summed E-state index contributed by atoms with van der Waals surface area (Å²) in [6, 6.07) is 4.04. The van der Waals surface area contributed by atoms with E-state index >= 15 is 0 Å². The third kappa shape index (κ3) is 1.81. The molecule has 0 saturated heterocycles. The molecule has 0 amide bonds. The molecule has 0 fully saturated rings. The van der Waals surface area contributed by atoms with Crippen LogP contribution in [0, 0.1) is 0 Å². The highest BCUT2D eigenvalue weighted by Gasteiger charge is 2.18. The first kappa shape index (κ1) is 9.17.